The van der Waals surface area contributed by atoms with Crippen LogP contribution in [0.15, 0.2) is 24.3 Å². The maximum absolute atomic E-state index is 12.6. The summed E-state index contributed by atoms with van der Waals surface area (Å²) in [5, 5.41) is 8.02. The number of nitrogens with zero attached hydrogens (tertiary/aromatic N) is 1. The van der Waals surface area contributed by atoms with Crippen molar-refractivity contribution in [1.29, 1.82) is 5.41 Å². The van der Waals surface area contributed by atoms with Gasteiger partial charge in [0.2, 0.25) is 0 Å². The SMILES string of the molecule is N=c1sc2c(n1CC(=O)c1ccc(C(F)(F)F)cc1)CCCC2. The van der Waals surface area contributed by atoms with E-state index in [1.54, 1.807) is 4.57 Å². The lowest BCUT2D eigenvalue weighted by atomic mass is 10.0. The van der Waals surface area contributed by atoms with Gasteiger partial charge < -0.3 is 4.57 Å². The van der Waals surface area contributed by atoms with Gasteiger partial charge in [0.1, 0.15) is 0 Å². The summed E-state index contributed by atoms with van der Waals surface area (Å²) in [6, 6.07) is 4.24. The second-order valence-electron chi connectivity index (χ2n) is 5.57. The molecule has 0 aliphatic heterocycles. The highest BCUT2D eigenvalue weighted by molar-refractivity contribution is 7.09. The van der Waals surface area contributed by atoms with Gasteiger partial charge in [0, 0.05) is 16.1 Å². The van der Waals surface area contributed by atoms with Crippen molar-refractivity contribution < 1.29 is 18.0 Å². The molecule has 3 rings (SSSR count). The van der Waals surface area contributed by atoms with Gasteiger partial charge in [0.15, 0.2) is 10.6 Å². The zero-order valence-corrected chi connectivity index (χ0v) is 13.1. The van der Waals surface area contributed by atoms with E-state index in [1.165, 1.54) is 23.5 Å². The van der Waals surface area contributed by atoms with Crippen molar-refractivity contribution in [2.75, 3.05) is 0 Å². The Labute approximate surface area is 134 Å². The van der Waals surface area contributed by atoms with Gasteiger partial charge in [-0.1, -0.05) is 12.1 Å². The molecule has 0 radical (unpaired) electrons. The number of aryl methyl sites for hydroxylation is 1. The van der Waals surface area contributed by atoms with Crippen molar-refractivity contribution in [3.05, 3.63) is 50.8 Å². The van der Waals surface area contributed by atoms with Gasteiger partial charge in [-0.3, -0.25) is 10.2 Å². The predicted octanol–water partition coefficient (Wildman–Crippen LogP) is 3.81. The highest BCUT2D eigenvalue weighted by Crippen LogP contribution is 2.29. The van der Waals surface area contributed by atoms with Crippen LogP contribution in [0.1, 0.15) is 39.3 Å². The van der Waals surface area contributed by atoms with Crippen LogP contribution < -0.4 is 4.80 Å². The van der Waals surface area contributed by atoms with Gasteiger partial charge in [0.05, 0.1) is 12.1 Å². The van der Waals surface area contributed by atoms with E-state index in [9.17, 15) is 18.0 Å². The van der Waals surface area contributed by atoms with E-state index >= 15 is 0 Å². The Morgan fingerprint density at radius 2 is 1.83 bits per heavy atom. The Morgan fingerprint density at radius 1 is 1.17 bits per heavy atom. The minimum Gasteiger partial charge on any atom is -0.313 e. The first-order chi connectivity index (χ1) is 10.9. The molecule has 0 amide bonds. The van der Waals surface area contributed by atoms with Crippen LogP contribution in [0.3, 0.4) is 0 Å². The maximum Gasteiger partial charge on any atom is 0.416 e. The highest BCUT2D eigenvalue weighted by Gasteiger charge is 2.30. The summed E-state index contributed by atoms with van der Waals surface area (Å²) in [7, 11) is 0. The number of hydrogen-bond donors (Lipinski definition) is 1. The largest absolute Gasteiger partial charge is 0.416 e. The van der Waals surface area contributed by atoms with Crippen LogP contribution in [-0.2, 0) is 25.6 Å². The number of benzene rings is 1. The van der Waals surface area contributed by atoms with Gasteiger partial charge >= 0.3 is 6.18 Å². The van der Waals surface area contributed by atoms with Gasteiger partial charge in [-0.05, 0) is 37.8 Å². The number of hydrogen-bond acceptors (Lipinski definition) is 3. The van der Waals surface area contributed by atoms with Crippen molar-refractivity contribution in [2.24, 2.45) is 0 Å². The molecule has 1 aliphatic rings. The molecule has 0 bridgehead atoms. The van der Waals surface area contributed by atoms with Crippen LogP contribution in [0.5, 0.6) is 0 Å². The topological polar surface area (TPSA) is 45.9 Å². The fourth-order valence-electron chi connectivity index (χ4n) is 2.80. The van der Waals surface area contributed by atoms with Crippen LogP contribution in [0.4, 0.5) is 13.2 Å². The number of nitrogens with one attached hydrogen (secondary N) is 1. The zero-order valence-electron chi connectivity index (χ0n) is 12.2. The number of halogens is 3. The molecular formula is C16H15F3N2OS. The summed E-state index contributed by atoms with van der Waals surface area (Å²) < 4.78 is 39.4. The first-order valence-corrected chi connectivity index (χ1v) is 8.14. The molecule has 122 valence electrons. The van der Waals surface area contributed by atoms with Crippen LogP contribution in [0.2, 0.25) is 0 Å². The molecule has 0 saturated carbocycles. The molecule has 23 heavy (non-hydrogen) atoms. The van der Waals surface area contributed by atoms with Gasteiger partial charge in [-0.25, -0.2) is 0 Å². The molecule has 2 aromatic rings. The number of rotatable bonds is 3. The molecule has 7 heteroatoms. The summed E-state index contributed by atoms with van der Waals surface area (Å²) in [5.74, 6) is -0.275. The quantitative estimate of drug-likeness (QED) is 0.849. The summed E-state index contributed by atoms with van der Waals surface area (Å²) in [6.45, 7) is 0.00995. The number of aromatic nitrogens is 1. The molecule has 1 aliphatic carbocycles. The number of carbonyl (C=O) groups is 1. The molecule has 0 fully saturated rings. The average molecular weight is 340 g/mol. The van der Waals surface area contributed by atoms with E-state index in [-0.39, 0.29) is 17.9 Å². The number of ketones is 1. The van der Waals surface area contributed by atoms with Crippen molar-refractivity contribution in [3.63, 3.8) is 0 Å². The molecule has 0 saturated heterocycles. The Bertz CT molecular complexity index is 787. The summed E-state index contributed by atoms with van der Waals surface area (Å²) in [4.78, 5) is 13.8. The van der Waals surface area contributed by atoms with Crippen LogP contribution in [0, 0.1) is 5.41 Å². The van der Waals surface area contributed by atoms with Crippen molar-refractivity contribution in [3.8, 4) is 0 Å². The second-order valence-corrected chi connectivity index (χ2v) is 6.65. The molecule has 1 aromatic heterocycles. The minimum absolute atomic E-state index is 0.00995. The zero-order chi connectivity index (χ0) is 16.6. The van der Waals surface area contributed by atoms with E-state index in [1.807, 2.05) is 0 Å². The van der Waals surface area contributed by atoms with Gasteiger partial charge in [-0.15, -0.1) is 11.3 Å². The Hall–Kier alpha value is -1.89. The predicted molar refractivity (Wildman–Crippen MR) is 80.6 cm³/mol. The van der Waals surface area contributed by atoms with E-state index in [0.717, 1.165) is 48.4 Å². The lowest BCUT2D eigenvalue weighted by molar-refractivity contribution is -0.137. The molecule has 0 atom stereocenters. The molecule has 1 N–H and O–H groups in total. The monoisotopic (exact) mass is 340 g/mol. The van der Waals surface area contributed by atoms with Crippen molar-refractivity contribution in [2.45, 2.75) is 38.4 Å². The summed E-state index contributed by atoms with van der Waals surface area (Å²) in [5.41, 5.74) is 0.503. The van der Waals surface area contributed by atoms with Gasteiger partial charge in [-0.2, -0.15) is 13.2 Å². The van der Waals surface area contributed by atoms with Crippen LogP contribution in [-0.4, -0.2) is 10.4 Å². The third-order valence-corrected chi connectivity index (χ3v) is 5.12. The number of Topliss-reactive ketones (excluding diaryl/α,β-unsaturated/α-hetero) is 1. The molecular weight excluding hydrogens is 325 g/mol. The molecule has 0 spiro atoms. The standard InChI is InChI=1S/C16H15F3N2OS/c17-16(18,19)11-7-5-10(6-8-11)13(22)9-21-12-3-1-2-4-14(12)23-15(21)20/h5-8,20H,1-4,9H2. The first-order valence-electron chi connectivity index (χ1n) is 7.32. The molecule has 0 unspecified atom stereocenters. The molecule has 3 nitrogen and oxygen atoms in total. The maximum atomic E-state index is 12.6. The first kappa shape index (κ1) is 16.0. The van der Waals surface area contributed by atoms with Crippen molar-refractivity contribution >= 4 is 17.1 Å². The third kappa shape index (κ3) is 3.24. The molecule has 1 heterocycles. The third-order valence-electron chi connectivity index (χ3n) is 4.02. The Morgan fingerprint density at radius 3 is 2.48 bits per heavy atom. The number of fused-ring (bicyclic) bond motifs is 1. The lowest BCUT2D eigenvalue weighted by Gasteiger charge is -2.14. The number of alkyl halides is 3. The van der Waals surface area contributed by atoms with E-state index in [0.29, 0.717) is 4.80 Å². The fraction of sp³-hybridized carbons (Fsp3) is 0.375. The van der Waals surface area contributed by atoms with Gasteiger partial charge in [0.25, 0.3) is 0 Å². The smallest absolute Gasteiger partial charge is 0.313 e. The Kier molecular flexibility index (Phi) is 4.14. The van der Waals surface area contributed by atoms with Crippen LogP contribution >= 0.6 is 11.3 Å². The van der Waals surface area contributed by atoms with E-state index < -0.39 is 11.7 Å². The fourth-order valence-corrected chi connectivity index (χ4v) is 3.89. The second kappa shape index (κ2) is 5.96. The van der Waals surface area contributed by atoms with E-state index in [2.05, 4.69) is 0 Å². The number of thiazole rings is 1. The van der Waals surface area contributed by atoms with Crippen molar-refractivity contribution in [1.82, 2.24) is 4.57 Å². The van der Waals surface area contributed by atoms with E-state index in [4.69, 9.17) is 5.41 Å². The van der Waals surface area contributed by atoms with Crippen LogP contribution in [0.25, 0.3) is 0 Å². The molecule has 1 aromatic carbocycles. The number of carbonyl (C=O) groups excluding carboxylic acids is 1. The average Bonchev–Trinajstić information content (AvgIpc) is 2.82. The summed E-state index contributed by atoms with van der Waals surface area (Å²) in [6.07, 6.45) is -0.479. The Balaban J connectivity index is 1.83. The highest BCUT2D eigenvalue weighted by atomic mass is 32.1. The normalized spacial score (nSPS) is 14.6. The minimum atomic E-state index is -4.41. The summed E-state index contributed by atoms with van der Waals surface area (Å²) >= 11 is 1.39. The lowest BCUT2D eigenvalue weighted by Crippen LogP contribution is -2.22.